The Hall–Kier alpha value is -2.82. The van der Waals surface area contributed by atoms with Crippen LogP contribution in [0.1, 0.15) is 62.3 Å². The maximum absolute atomic E-state index is 12.8. The minimum absolute atomic E-state index is 0.0118. The fraction of sp³-hybridized carbons (Fsp3) is 0.462. The zero-order chi connectivity index (χ0) is 22.2. The first-order valence-electron chi connectivity index (χ1n) is 11.3. The van der Waals surface area contributed by atoms with Crippen molar-refractivity contribution in [2.45, 2.75) is 65.0 Å². The van der Waals surface area contributed by atoms with Gasteiger partial charge in [0.2, 0.25) is 5.91 Å². The average Bonchev–Trinajstić information content (AvgIpc) is 2.79. The van der Waals surface area contributed by atoms with E-state index < -0.39 is 0 Å². The van der Waals surface area contributed by atoms with Gasteiger partial charge in [-0.1, -0.05) is 48.9 Å². The predicted octanol–water partition coefficient (Wildman–Crippen LogP) is 4.58. The topological polar surface area (TPSA) is 58.6 Å². The van der Waals surface area contributed by atoms with Crippen molar-refractivity contribution in [3.63, 3.8) is 0 Å². The molecule has 0 spiro atoms. The highest BCUT2D eigenvalue weighted by atomic mass is 16.5. The summed E-state index contributed by atoms with van der Waals surface area (Å²) in [6.45, 7) is 6.44. The van der Waals surface area contributed by atoms with Crippen LogP contribution in [0.3, 0.4) is 0 Å². The first-order chi connectivity index (χ1) is 15.0. The van der Waals surface area contributed by atoms with Gasteiger partial charge in [0.15, 0.2) is 6.61 Å². The second-order valence-electron chi connectivity index (χ2n) is 8.41. The summed E-state index contributed by atoms with van der Waals surface area (Å²) >= 11 is 0. The van der Waals surface area contributed by atoms with Crippen molar-refractivity contribution in [3.05, 3.63) is 65.2 Å². The molecule has 5 heteroatoms. The van der Waals surface area contributed by atoms with E-state index in [1.807, 2.05) is 51.1 Å². The summed E-state index contributed by atoms with van der Waals surface area (Å²) in [7, 11) is 0. The molecule has 2 aromatic carbocycles. The Morgan fingerprint density at radius 2 is 1.90 bits per heavy atom. The van der Waals surface area contributed by atoms with Crippen molar-refractivity contribution in [1.82, 2.24) is 10.2 Å². The van der Waals surface area contributed by atoms with Gasteiger partial charge in [0.1, 0.15) is 5.75 Å². The smallest absolute Gasteiger partial charge is 0.260 e. The van der Waals surface area contributed by atoms with Crippen LogP contribution in [-0.2, 0) is 16.0 Å². The number of nitrogens with zero attached hydrogens (tertiary/aromatic N) is 1. The molecule has 1 aliphatic rings. The van der Waals surface area contributed by atoms with E-state index in [-0.39, 0.29) is 30.5 Å². The third-order valence-electron chi connectivity index (χ3n) is 6.11. The van der Waals surface area contributed by atoms with Gasteiger partial charge in [-0.25, -0.2) is 0 Å². The molecule has 1 aliphatic carbocycles. The van der Waals surface area contributed by atoms with Crippen molar-refractivity contribution in [2.24, 2.45) is 0 Å². The molecule has 0 saturated heterocycles. The Morgan fingerprint density at radius 3 is 2.65 bits per heavy atom. The largest absolute Gasteiger partial charge is 0.484 e. The van der Waals surface area contributed by atoms with E-state index in [2.05, 4.69) is 23.5 Å². The molecule has 0 radical (unpaired) electrons. The molecular formula is C26H34N2O3. The van der Waals surface area contributed by atoms with Crippen molar-refractivity contribution in [3.8, 4) is 5.75 Å². The fourth-order valence-electron chi connectivity index (χ4n) is 4.07. The summed E-state index contributed by atoms with van der Waals surface area (Å²) in [5.41, 5.74) is 3.69. The lowest BCUT2D eigenvalue weighted by Crippen LogP contribution is -2.43. The predicted molar refractivity (Wildman–Crippen MR) is 123 cm³/mol. The van der Waals surface area contributed by atoms with Crippen molar-refractivity contribution in [2.75, 3.05) is 13.2 Å². The van der Waals surface area contributed by atoms with Gasteiger partial charge in [0.05, 0.1) is 6.04 Å². The zero-order valence-corrected chi connectivity index (χ0v) is 18.9. The van der Waals surface area contributed by atoms with Gasteiger partial charge in [-0.05, 0) is 62.8 Å². The Kier molecular flexibility index (Phi) is 8.10. The van der Waals surface area contributed by atoms with Gasteiger partial charge in [-0.3, -0.25) is 9.59 Å². The molecule has 166 valence electrons. The molecule has 31 heavy (non-hydrogen) atoms. The molecule has 0 heterocycles. The number of ether oxygens (including phenoxy) is 1. The Morgan fingerprint density at radius 1 is 1.16 bits per heavy atom. The number of hydrogen-bond donors (Lipinski definition) is 1. The summed E-state index contributed by atoms with van der Waals surface area (Å²) in [5.74, 6) is 0.574. The van der Waals surface area contributed by atoms with Crippen molar-refractivity contribution >= 4 is 11.8 Å². The monoisotopic (exact) mass is 422 g/mol. The highest BCUT2D eigenvalue weighted by Crippen LogP contribution is 2.29. The second-order valence-corrected chi connectivity index (χ2v) is 8.41. The normalized spacial score (nSPS) is 16.2. The molecule has 0 bridgehead atoms. The Labute approximate surface area is 185 Å². The number of carbonyl (C=O) groups is 2. The molecule has 0 saturated carbocycles. The SMILES string of the molecule is CCC(C)N(CCC(=O)NC1CCCc2ccccc21)C(=O)COc1ccc(C)cc1. The van der Waals surface area contributed by atoms with Crippen LogP contribution in [0, 0.1) is 6.92 Å². The maximum Gasteiger partial charge on any atom is 0.260 e. The second kappa shape index (κ2) is 11.0. The van der Waals surface area contributed by atoms with E-state index in [1.165, 1.54) is 11.1 Å². The summed E-state index contributed by atoms with van der Waals surface area (Å²) in [4.78, 5) is 27.3. The number of nitrogens with one attached hydrogen (secondary N) is 1. The van der Waals surface area contributed by atoms with Gasteiger partial charge in [0, 0.05) is 19.0 Å². The Balaban J connectivity index is 1.54. The summed E-state index contributed by atoms with van der Waals surface area (Å²) in [6, 6.07) is 16.1. The van der Waals surface area contributed by atoms with Crippen molar-refractivity contribution in [1.29, 1.82) is 0 Å². The van der Waals surface area contributed by atoms with Crippen LogP contribution in [0.5, 0.6) is 5.75 Å². The maximum atomic E-state index is 12.8. The number of benzene rings is 2. The lowest BCUT2D eigenvalue weighted by molar-refractivity contribution is -0.136. The molecule has 2 atom stereocenters. The first kappa shape index (κ1) is 22.9. The fourth-order valence-corrected chi connectivity index (χ4v) is 4.07. The molecule has 2 amide bonds. The van der Waals surface area contributed by atoms with Crippen LogP contribution < -0.4 is 10.1 Å². The number of rotatable bonds is 9. The minimum atomic E-state index is -0.0919. The van der Waals surface area contributed by atoms with Gasteiger partial charge in [-0.15, -0.1) is 0 Å². The number of amides is 2. The van der Waals surface area contributed by atoms with E-state index >= 15 is 0 Å². The van der Waals surface area contributed by atoms with Gasteiger partial charge in [-0.2, -0.15) is 0 Å². The number of hydrogen-bond acceptors (Lipinski definition) is 3. The summed E-state index contributed by atoms with van der Waals surface area (Å²) in [5, 5.41) is 3.18. The third-order valence-corrected chi connectivity index (χ3v) is 6.11. The van der Waals surface area contributed by atoms with E-state index in [4.69, 9.17) is 4.74 Å². The number of carbonyl (C=O) groups excluding carboxylic acids is 2. The number of fused-ring (bicyclic) bond motifs is 1. The summed E-state index contributed by atoms with van der Waals surface area (Å²) in [6.07, 6.45) is 4.23. The van der Waals surface area contributed by atoms with Gasteiger partial charge >= 0.3 is 0 Å². The van der Waals surface area contributed by atoms with Crippen LogP contribution in [0.4, 0.5) is 0 Å². The molecule has 5 nitrogen and oxygen atoms in total. The molecule has 3 rings (SSSR count). The lowest BCUT2D eigenvalue weighted by Gasteiger charge is -2.30. The van der Waals surface area contributed by atoms with E-state index in [9.17, 15) is 9.59 Å². The molecule has 1 N–H and O–H groups in total. The quantitative estimate of drug-likeness (QED) is 0.643. The van der Waals surface area contributed by atoms with Crippen LogP contribution in [0.15, 0.2) is 48.5 Å². The van der Waals surface area contributed by atoms with Crippen LogP contribution in [0.25, 0.3) is 0 Å². The third kappa shape index (κ3) is 6.33. The van der Waals surface area contributed by atoms with Crippen molar-refractivity contribution < 1.29 is 14.3 Å². The molecule has 0 fully saturated rings. The highest BCUT2D eigenvalue weighted by Gasteiger charge is 2.23. The molecule has 0 aliphatic heterocycles. The average molecular weight is 423 g/mol. The minimum Gasteiger partial charge on any atom is -0.484 e. The van der Waals surface area contributed by atoms with E-state index in [0.29, 0.717) is 18.7 Å². The Bertz CT molecular complexity index is 878. The van der Waals surface area contributed by atoms with Gasteiger partial charge in [0.25, 0.3) is 5.91 Å². The molecule has 2 aromatic rings. The first-order valence-corrected chi connectivity index (χ1v) is 11.3. The van der Waals surface area contributed by atoms with Crippen LogP contribution in [0.2, 0.25) is 0 Å². The standard InChI is InChI=1S/C26H34N2O3/c1-4-20(3)28(26(30)18-31-22-14-12-19(2)13-15-22)17-16-25(29)27-24-11-7-9-21-8-5-6-10-23(21)24/h5-6,8,10,12-15,20,24H,4,7,9,11,16-18H2,1-3H3,(H,27,29). The lowest BCUT2D eigenvalue weighted by atomic mass is 9.87. The van der Waals surface area contributed by atoms with Crippen LogP contribution in [-0.4, -0.2) is 35.9 Å². The molecule has 0 aromatic heterocycles. The van der Waals surface area contributed by atoms with E-state index in [1.54, 1.807) is 4.90 Å². The van der Waals surface area contributed by atoms with E-state index in [0.717, 1.165) is 31.2 Å². The van der Waals surface area contributed by atoms with Crippen LogP contribution >= 0.6 is 0 Å². The van der Waals surface area contributed by atoms with Gasteiger partial charge < -0.3 is 15.0 Å². The number of aryl methyl sites for hydroxylation is 2. The molecule has 2 unspecified atom stereocenters. The summed E-state index contributed by atoms with van der Waals surface area (Å²) < 4.78 is 5.67. The highest BCUT2D eigenvalue weighted by molar-refractivity contribution is 5.80. The molecular weight excluding hydrogens is 388 g/mol. The zero-order valence-electron chi connectivity index (χ0n) is 18.9.